The van der Waals surface area contributed by atoms with E-state index in [1.807, 2.05) is 24.4 Å². The fourth-order valence-electron chi connectivity index (χ4n) is 2.91. The molecular weight excluding hydrogens is 345 g/mol. The van der Waals surface area contributed by atoms with Gasteiger partial charge in [0.15, 0.2) is 11.6 Å². The molecule has 4 rings (SSSR count). The van der Waals surface area contributed by atoms with E-state index in [9.17, 15) is 9.50 Å². The Morgan fingerprint density at radius 3 is 2.89 bits per heavy atom. The Bertz CT molecular complexity index is 1080. The van der Waals surface area contributed by atoms with Gasteiger partial charge in [-0.2, -0.15) is 4.98 Å². The number of nitrogens with zero attached hydrogens (tertiary/aromatic N) is 2. The lowest BCUT2D eigenvalue weighted by molar-refractivity contribution is 0.475. The Kier molecular flexibility index (Phi) is 4.57. The van der Waals surface area contributed by atoms with Gasteiger partial charge in [0.05, 0.1) is 6.20 Å². The molecule has 27 heavy (non-hydrogen) atoms. The average molecular weight is 363 g/mol. The number of halogens is 1. The lowest BCUT2D eigenvalue weighted by Gasteiger charge is -2.09. The second kappa shape index (κ2) is 7.33. The summed E-state index contributed by atoms with van der Waals surface area (Å²) in [5.41, 5.74) is 2.83. The van der Waals surface area contributed by atoms with Crippen LogP contribution in [0.15, 0.2) is 60.9 Å². The number of hydrogen-bond donors (Lipinski definition) is 4. The maximum atomic E-state index is 14.0. The van der Waals surface area contributed by atoms with Gasteiger partial charge in [-0.15, -0.1) is 0 Å². The maximum Gasteiger partial charge on any atom is 0.224 e. The van der Waals surface area contributed by atoms with E-state index < -0.39 is 5.82 Å². The van der Waals surface area contributed by atoms with Crippen LogP contribution in [0.5, 0.6) is 5.75 Å². The lowest BCUT2D eigenvalue weighted by atomic mass is 10.1. The first kappa shape index (κ1) is 16.8. The van der Waals surface area contributed by atoms with E-state index in [0.29, 0.717) is 18.2 Å². The summed E-state index contributed by atoms with van der Waals surface area (Å²) >= 11 is 0. The number of para-hydroxylation sites is 1. The van der Waals surface area contributed by atoms with Crippen LogP contribution in [0, 0.1) is 5.82 Å². The number of aromatic hydroxyl groups is 1. The van der Waals surface area contributed by atoms with Gasteiger partial charge in [0.2, 0.25) is 5.95 Å². The van der Waals surface area contributed by atoms with E-state index in [2.05, 4.69) is 31.7 Å². The molecule has 0 saturated heterocycles. The quantitative estimate of drug-likeness (QED) is 0.412. The SMILES string of the molecule is Oc1cccc(Nc2nc(NCCc3c[nH]c4ccccc34)ncc2F)c1. The van der Waals surface area contributed by atoms with Crippen molar-refractivity contribution < 1.29 is 9.50 Å². The number of hydrogen-bond acceptors (Lipinski definition) is 5. The fraction of sp³-hybridized carbons (Fsp3) is 0.100. The van der Waals surface area contributed by atoms with Crippen molar-refractivity contribution in [1.82, 2.24) is 15.0 Å². The number of benzene rings is 2. The maximum absolute atomic E-state index is 14.0. The van der Waals surface area contributed by atoms with Crippen molar-refractivity contribution in [2.24, 2.45) is 0 Å². The molecule has 0 unspecified atom stereocenters. The van der Waals surface area contributed by atoms with Crippen LogP contribution >= 0.6 is 0 Å². The second-order valence-electron chi connectivity index (χ2n) is 6.10. The smallest absolute Gasteiger partial charge is 0.224 e. The predicted molar refractivity (Wildman–Crippen MR) is 104 cm³/mol. The molecule has 0 radical (unpaired) electrons. The molecule has 0 bridgehead atoms. The molecule has 0 saturated carbocycles. The number of aromatic nitrogens is 3. The van der Waals surface area contributed by atoms with Gasteiger partial charge in [-0.3, -0.25) is 0 Å². The first-order valence-electron chi connectivity index (χ1n) is 8.56. The Morgan fingerprint density at radius 2 is 2.00 bits per heavy atom. The van der Waals surface area contributed by atoms with Crippen LogP contribution in [-0.4, -0.2) is 26.6 Å². The molecular formula is C20H18FN5O. The Morgan fingerprint density at radius 1 is 1.11 bits per heavy atom. The summed E-state index contributed by atoms with van der Waals surface area (Å²) in [4.78, 5) is 11.4. The molecule has 0 aliphatic carbocycles. The highest BCUT2D eigenvalue weighted by Gasteiger charge is 2.08. The summed E-state index contributed by atoms with van der Waals surface area (Å²) in [6.45, 7) is 0.610. The van der Waals surface area contributed by atoms with Gasteiger partial charge in [0.25, 0.3) is 0 Å². The van der Waals surface area contributed by atoms with Crippen LogP contribution in [0.25, 0.3) is 10.9 Å². The van der Waals surface area contributed by atoms with Crippen molar-refractivity contribution in [3.63, 3.8) is 0 Å². The largest absolute Gasteiger partial charge is 0.508 e. The molecule has 0 fully saturated rings. The molecule has 2 aromatic carbocycles. The normalized spacial score (nSPS) is 10.9. The van der Waals surface area contributed by atoms with Crippen LogP contribution in [0.4, 0.5) is 21.8 Å². The van der Waals surface area contributed by atoms with Gasteiger partial charge in [-0.05, 0) is 30.2 Å². The van der Waals surface area contributed by atoms with Crippen molar-refractivity contribution in [2.45, 2.75) is 6.42 Å². The van der Waals surface area contributed by atoms with Crippen LogP contribution in [0.1, 0.15) is 5.56 Å². The Hall–Kier alpha value is -3.61. The number of nitrogens with one attached hydrogen (secondary N) is 3. The fourth-order valence-corrected chi connectivity index (χ4v) is 2.91. The van der Waals surface area contributed by atoms with E-state index in [1.165, 1.54) is 17.0 Å². The summed E-state index contributed by atoms with van der Waals surface area (Å²) < 4.78 is 14.0. The van der Waals surface area contributed by atoms with E-state index in [-0.39, 0.29) is 11.6 Å². The average Bonchev–Trinajstić information content (AvgIpc) is 3.08. The first-order valence-corrected chi connectivity index (χ1v) is 8.56. The van der Waals surface area contributed by atoms with Crippen molar-refractivity contribution >= 4 is 28.4 Å². The molecule has 0 atom stereocenters. The molecule has 2 aromatic heterocycles. The van der Waals surface area contributed by atoms with Gasteiger partial charge in [-0.1, -0.05) is 24.3 Å². The molecule has 2 heterocycles. The van der Waals surface area contributed by atoms with Crippen molar-refractivity contribution in [1.29, 1.82) is 0 Å². The van der Waals surface area contributed by atoms with Crippen LogP contribution < -0.4 is 10.6 Å². The van der Waals surface area contributed by atoms with Crippen molar-refractivity contribution in [3.8, 4) is 5.75 Å². The van der Waals surface area contributed by atoms with E-state index in [0.717, 1.165) is 18.1 Å². The summed E-state index contributed by atoms with van der Waals surface area (Å²) in [7, 11) is 0. The van der Waals surface area contributed by atoms with Crippen LogP contribution in [-0.2, 0) is 6.42 Å². The minimum atomic E-state index is -0.569. The zero-order chi connectivity index (χ0) is 18.6. The number of H-pyrrole nitrogens is 1. The van der Waals surface area contributed by atoms with Gasteiger partial charge in [-0.25, -0.2) is 9.37 Å². The molecule has 7 heteroatoms. The van der Waals surface area contributed by atoms with Gasteiger partial charge in [0, 0.05) is 35.4 Å². The zero-order valence-electron chi connectivity index (χ0n) is 14.4. The van der Waals surface area contributed by atoms with Crippen LogP contribution in [0.3, 0.4) is 0 Å². The molecule has 0 spiro atoms. The van der Waals surface area contributed by atoms with Crippen LogP contribution in [0.2, 0.25) is 0 Å². The highest BCUT2D eigenvalue weighted by atomic mass is 19.1. The minimum absolute atomic E-state index is 0.0465. The van der Waals surface area contributed by atoms with E-state index in [4.69, 9.17) is 0 Å². The molecule has 0 amide bonds. The highest BCUT2D eigenvalue weighted by molar-refractivity contribution is 5.83. The van der Waals surface area contributed by atoms with Gasteiger partial charge < -0.3 is 20.7 Å². The third-order valence-electron chi connectivity index (χ3n) is 4.21. The molecule has 0 aliphatic heterocycles. The Labute approximate surface area is 155 Å². The molecule has 136 valence electrons. The lowest BCUT2D eigenvalue weighted by Crippen LogP contribution is -2.09. The molecule has 0 aliphatic rings. The minimum Gasteiger partial charge on any atom is -0.508 e. The molecule has 4 aromatic rings. The predicted octanol–water partition coefficient (Wildman–Crippen LogP) is 4.20. The molecule has 6 nitrogen and oxygen atoms in total. The van der Waals surface area contributed by atoms with Gasteiger partial charge in [0.1, 0.15) is 5.75 Å². The number of rotatable bonds is 6. The number of aromatic amines is 1. The number of phenols is 1. The monoisotopic (exact) mass is 363 g/mol. The number of anilines is 3. The summed E-state index contributed by atoms with van der Waals surface area (Å²) in [5.74, 6) is -0.101. The standard InChI is InChI=1S/C20H18FN5O/c21-17-12-24-20(26-19(17)25-14-4-3-5-15(27)10-14)22-9-8-13-11-23-18-7-2-1-6-16(13)18/h1-7,10-12,23,27H,8-9H2,(H2,22,24,25,26). The summed E-state index contributed by atoms with van der Waals surface area (Å²) in [6, 6.07) is 14.5. The highest BCUT2D eigenvalue weighted by Crippen LogP contribution is 2.22. The zero-order valence-corrected chi connectivity index (χ0v) is 14.4. The Balaban J connectivity index is 1.43. The van der Waals surface area contributed by atoms with Gasteiger partial charge >= 0.3 is 0 Å². The first-order chi connectivity index (χ1) is 13.2. The van der Waals surface area contributed by atoms with Crippen molar-refractivity contribution in [2.75, 3.05) is 17.2 Å². The molecule has 4 N–H and O–H groups in total. The summed E-state index contributed by atoms with van der Waals surface area (Å²) in [5, 5.41) is 16.7. The summed E-state index contributed by atoms with van der Waals surface area (Å²) in [6.07, 6.45) is 3.89. The topological polar surface area (TPSA) is 85.9 Å². The third-order valence-corrected chi connectivity index (χ3v) is 4.21. The second-order valence-corrected chi connectivity index (χ2v) is 6.10. The van der Waals surface area contributed by atoms with E-state index in [1.54, 1.807) is 18.2 Å². The third kappa shape index (κ3) is 3.82. The number of fused-ring (bicyclic) bond motifs is 1. The van der Waals surface area contributed by atoms with Crippen molar-refractivity contribution in [3.05, 3.63) is 72.3 Å². The van der Waals surface area contributed by atoms with E-state index >= 15 is 0 Å². The number of phenolic OH excluding ortho intramolecular Hbond substituents is 1.